The number of rotatable bonds is 11. The van der Waals surface area contributed by atoms with Crippen LogP contribution in [0.1, 0.15) is 19.8 Å². The molecule has 7 nitrogen and oxygen atoms in total. The number of carbonyl (C=O) groups is 3. The summed E-state index contributed by atoms with van der Waals surface area (Å²) < 4.78 is 20.2. The van der Waals surface area contributed by atoms with Gasteiger partial charge in [-0.2, -0.15) is 0 Å². The standard InChI is InChI=1S/C22H24O7/c1-3-11-26-12-13-27-21(24)15-28-22(25)16(2)14-20(23)29-19-10-6-8-17-7-4-5-9-18(17)19/h4-10H,2-3,11-15H2,1H3. The maximum absolute atomic E-state index is 12.1. The molecule has 0 radical (unpaired) electrons. The minimum absolute atomic E-state index is 0.0781. The van der Waals surface area contributed by atoms with Gasteiger partial charge >= 0.3 is 17.9 Å². The summed E-state index contributed by atoms with van der Waals surface area (Å²) in [7, 11) is 0. The Morgan fingerprint density at radius 2 is 1.66 bits per heavy atom. The molecule has 0 fully saturated rings. The Balaban J connectivity index is 1.75. The quantitative estimate of drug-likeness (QED) is 0.248. The summed E-state index contributed by atoms with van der Waals surface area (Å²) in [5.74, 6) is -1.83. The van der Waals surface area contributed by atoms with Crippen LogP contribution in [0.4, 0.5) is 0 Å². The average Bonchev–Trinajstić information content (AvgIpc) is 2.72. The van der Waals surface area contributed by atoms with E-state index in [2.05, 4.69) is 6.58 Å². The zero-order chi connectivity index (χ0) is 21.1. The minimum Gasteiger partial charge on any atom is -0.461 e. The Hall–Kier alpha value is -3.19. The highest BCUT2D eigenvalue weighted by Gasteiger charge is 2.17. The fourth-order valence-corrected chi connectivity index (χ4v) is 2.42. The maximum atomic E-state index is 12.1. The Labute approximate surface area is 169 Å². The number of carbonyl (C=O) groups excluding carboxylic acids is 3. The molecule has 0 atom stereocenters. The van der Waals surface area contributed by atoms with E-state index in [1.54, 1.807) is 12.1 Å². The predicted octanol–water partition coefficient (Wildman–Crippen LogP) is 3.20. The number of hydrogen-bond acceptors (Lipinski definition) is 7. The average molecular weight is 400 g/mol. The fourth-order valence-electron chi connectivity index (χ4n) is 2.42. The molecule has 0 spiro atoms. The molecule has 29 heavy (non-hydrogen) atoms. The van der Waals surface area contributed by atoms with Gasteiger partial charge in [-0.1, -0.05) is 49.9 Å². The van der Waals surface area contributed by atoms with Crippen LogP contribution in [0.5, 0.6) is 5.75 Å². The van der Waals surface area contributed by atoms with Gasteiger partial charge in [0.1, 0.15) is 12.4 Å². The molecular formula is C22H24O7. The highest BCUT2D eigenvalue weighted by atomic mass is 16.6. The Morgan fingerprint density at radius 1 is 0.897 bits per heavy atom. The number of benzene rings is 2. The van der Waals surface area contributed by atoms with Gasteiger partial charge in [-0.05, 0) is 17.9 Å². The number of esters is 3. The Bertz CT molecular complexity index is 867. The first-order valence-corrected chi connectivity index (χ1v) is 9.28. The lowest BCUT2D eigenvalue weighted by Crippen LogP contribution is -2.20. The zero-order valence-electron chi connectivity index (χ0n) is 16.3. The molecule has 0 aliphatic carbocycles. The van der Waals surface area contributed by atoms with Crippen molar-refractivity contribution in [2.24, 2.45) is 0 Å². The van der Waals surface area contributed by atoms with Gasteiger partial charge in [-0.25, -0.2) is 9.59 Å². The van der Waals surface area contributed by atoms with Gasteiger partial charge in [0.25, 0.3) is 0 Å². The van der Waals surface area contributed by atoms with Crippen LogP contribution in [0, 0.1) is 0 Å². The van der Waals surface area contributed by atoms with E-state index in [0.29, 0.717) is 12.4 Å². The van der Waals surface area contributed by atoms with Crippen molar-refractivity contribution in [2.45, 2.75) is 19.8 Å². The Kier molecular flexibility index (Phi) is 8.85. The van der Waals surface area contributed by atoms with Gasteiger partial charge in [0, 0.05) is 17.6 Å². The van der Waals surface area contributed by atoms with Crippen LogP contribution in [-0.4, -0.2) is 44.3 Å². The largest absolute Gasteiger partial charge is 0.461 e. The summed E-state index contributed by atoms with van der Waals surface area (Å²) in [5.41, 5.74) is -0.116. The molecule has 0 N–H and O–H groups in total. The molecule has 0 bridgehead atoms. The number of hydrogen-bond donors (Lipinski definition) is 0. The van der Waals surface area contributed by atoms with Gasteiger partial charge in [0.2, 0.25) is 0 Å². The molecule has 2 rings (SSSR count). The normalized spacial score (nSPS) is 10.4. The molecule has 154 valence electrons. The highest BCUT2D eigenvalue weighted by Crippen LogP contribution is 2.25. The van der Waals surface area contributed by atoms with Crippen LogP contribution in [0.3, 0.4) is 0 Å². The van der Waals surface area contributed by atoms with Crippen LogP contribution in [0.25, 0.3) is 10.8 Å². The first-order valence-electron chi connectivity index (χ1n) is 9.28. The van der Waals surface area contributed by atoms with Crippen molar-refractivity contribution in [1.82, 2.24) is 0 Å². The molecule has 0 saturated carbocycles. The van der Waals surface area contributed by atoms with E-state index in [-0.39, 0.29) is 25.2 Å². The van der Waals surface area contributed by atoms with Gasteiger partial charge in [-0.15, -0.1) is 0 Å². The van der Waals surface area contributed by atoms with E-state index in [0.717, 1.165) is 17.2 Å². The van der Waals surface area contributed by atoms with Gasteiger partial charge in [0.15, 0.2) is 6.61 Å². The van der Waals surface area contributed by atoms with E-state index in [9.17, 15) is 14.4 Å². The van der Waals surface area contributed by atoms with Crippen molar-refractivity contribution in [3.05, 3.63) is 54.6 Å². The second kappa shape index (κ2) is 11.6. The number of ether oxygens (including phenoxy) is 4. The molecule has 0 aliphatic heterocycles. The maximum Gasteiger partial charge on any atom is 0.344 e. The van der Waals surface area contributed by atoms with Crippen LogP contribution >= 0.6 is 0 Å². The van der Waals surface area contributed by atoms with Crippen LogP contribution in [0.15, 0.2) is 54.6 Å². The zero-order valence-corrected chi connectivity index (χ0v) is 16.3. The van der Waals surface area contributed by atoms with E-state index in [1.165, 1.54) is 0 Å². The lowest BCUT2D eigenvalue weighted by atomic mass is 10.1. The second-order valence-corrected chi connectivity index (χ2v) is 6.14. The topological polar surface area (TPSA) is 88.1 Å². The minimum atomic E-state index is -0.862. The summed E-state index contributed by atoms with van der Waals surface area (Å²) in [6, 6.07) is 12.8. The molecular weight excluding hydrogens is 376 g/mol. The third-order valence-corrected chi connectivity index (χ3v) is 3.78. The van der Waals surface area contributed by atoms with E-state index < -0.39 is 24.5 Å². The monoisotopic (exact) mass is 400 g/mol. The Morgan fingerprint density at radius 3 is 2.45 bits per heavy atom. The second-order valence-electron chi connectivity index (χ2n) is 6.14. The predicted molar refractivity (Wildman–Crippen MR) is 106 cm³/mol. The molecule has 0 heterocycles. The van der Waals surface area contributed by atoms with Crippen molar-refractivity contribution < 1.29 is 33.3 Å². The molecule has 2 aromatic carbocycles. The van der Waals surface area contributed by atoms with E-state index in [4.69, 9.17) is 18.9 Å². The van der Waals surface area contributed by atoms with Gasteiger partial charge in [-0.3, -0.25) is 4.79 Å². The smallest absolute Gasteiger partial charge is 0.344 e. The third-order valence-electron chi connectivity index (χ3n) is 3.78. The van der Waals surface area contributed by atoms with Gasteiger partial charge in [0.05, 0.1) is 13.0 Å². The van der Waals surface area contributed by atoms with Crippen molar-refractivity contribution in [3.63, 3.8) is 0 Å². The van der Waals surface area contributed by atoms with Crippen LogP contribution < -0.4 is 4.74 Å². The first kappa shape index (κ1) is 22.1. The molecule has 0 amide bonds. The SMILES string of the molecule is C=C(CC(=O)Oc1cccc2ccccc12)C(=O)OCC(=O)OCCOCCC. The molecule has 0 aromatic heterocycles. The number of fused-ring (bicyclic) bond motifs is 1. The first-order chi connectivity index (χ1) is 14.0. The highest BCUT2D eigenvalue weighted by molar-refractivity contribution is 5.96. The van der Waals surface area contributed by atoms with E-state index >= 15 is 0 Å². The van der Waals surface area contributed by atoms with Crippen molar-refractivity contribution in [1.29, 1.82) is 0 Å². The summed E-state index contributed by atoms with van der Waals surface area (Å²) in [6.07, 6.45) is 0.512. The van der Waals surface area contributed by atoms with Crippen molar-refractivity contribution in [3.8, 4) is 5.75 Å². The molecule has 0 unspecified atom stereocenters. The van der Waals surface area contributed by atoms with Crippen molar-refractivity contribution >= 4 is 28.7 Å². The van der Waals surface area contributed by atoms with Crippen LogP contribution in [-0.2, 0) is 28.6 Å². The summed E-state index contributed by atoms with van der Waals surface area (Å²) in [5, 5.41) is 1.71. The summed E-state index contributed by atoms with van der Waals surface area (Å²) in [6.45, 7) is 5.87. The molecule has 0 saturated heterocycles. The van der Waals surface area contributed by atoms with E-state index in [1.807, 2.05) is 37.3 Å². The van der Waals surface area contributed by atoms with Crippen LogP contribution in [0.2, 0.25) is 0 Å². The third kappa shape index (κ3) is 7.38. The van der Waals surface area contributed by atoms with Crippen molar-refractivity contribution in [2.75, 3.05) is 26.4 Å². The molecule has 7 heteroatoms. The summed E-state index contributed by atoms with van der Waals surface area (Å²) in [4.78, 5) is 35.6. The fraction of sp³-hybridized carbons (Fsp3) is 0.318. The summed E-state index contributed by atoms with van der Waals surface area (Å²) >= 11 is 0. The molecule has 2 aromatic rings. The molecule has 0 aliphatic rings. The van der Waals surface area contributed by atoms with Gasteiger partial charge < -0.3 is 18.9 Å². The lowest BCUT2D eigenvalue weighted by Gasteiger charge is -2.09. The lowest BCUT2D eigenvalue weighted by molar-refractivity contribution is -0.157.